The molecule has 1 N–H and O–H groups in total. The second kappa shape index (κ2) is 6.94. The lowest BCUT2D eigenvalue weighted by atomic mass is 9.53. The van der Waals surface area contributed by atoms with Crippen molar-refractivity contribution in [1.29, 1.82) is 21.2 Å². The van der Waals surface area contributed by atoms with Gasteiger partial charge < -0.3 is 9.47 Å². The van der Waals surface area contributed by atoms with E-state index >= 15 is 0 Å². The minimum atomic E-state index is -2.20. The molecule has 4 unspecified atom stereocenters. The molecule has 31 heavy (non-hydrogen) atoms. The van der Waals surface area contributed by atoms with Crippen LogP contribution in [-0.4, -0.2) is 5.90 Å². The van der Waals surface area contributed by atoms with Crippen LogP contribution in [0.15, 0.2) is 42.5 Å². The molecule has 154 valence electrons. The fourth-order valence-corrected chi connectivity index (χ4v) is 5.16. The van der Waals surface area contributed by atoms with Gasteiger partial charge in [0.25, 0.3) is 0 Å². The zero-order valence-electron chi connectivity index (χ0n) is 16.0. The van der Waals surface area contributed by atoms with Gasteiger partial charge in [-0.25, -0.2) is 4.39 Å². The average molecular weight is 455 g/mol. The lowest BCUT2D eigenvalue weighted by Crippen LogP contribution is -2.57. The molecule has 0 spiro atoms. The number of benzene rings is 2. The SMILES string of the molecule is CC1C2(c3ccc(F)cc3)OC(=N)C1(C#N)C(C#N)(C#N)C(c1c(Cl)cccc1Cl)O2. The van der Waals surface area contributed by atoms with Crippen LogP contribution < -0.4 is 0 Å². The first kappa shape index (κ1) is 21.1. The van der Waals surface area contributed by atoms with E-state index in [9.17, 15) is 20.2 Å². The van der Waals surface area contributed by atoms with Gasteiger partial charge in [-0.05, 0) is 36.4 Å². The van der Waals surface area contributed by atoms with E-state index in [0.717, 1.165) is 0 Å². The number of nitrogens with zero attached hydrogens (tertiary/aromatic N) is 3. The van der Waals surface area contributed by atoms with Gasteiger partial charge in [-0.3, -0.25) is 5.41 Å². The van der Waals surface area contributed by atoms with Gasteiger partial charge in [0.1, 0.15) is 11.9 Å². The first-order valence-corrected chi connectivity index (χ1v) is 9.89. The number of rotatable bonds is 2. The Balaban J connectivity index is 2.09. The topological polar surface area (TPSA) is 114 Å². The Morgan fingerprint density at radius 2 is 1.58 bits per heavy atom. The zero-order chi connectivity index (χ0) is 22.6. The summed E-state index contributed by atoms with van der Waals surface area (Å²) in [6.07, 6.45) is -1.44. The Kier molecular flexibility index (Phi) is 4.72. The molecule has 4 rings (SSSR count). The van der Waals surface area contributed by atoms with E-state index in [0.29, 0.717) is 5.56 Å². The minimum absolute atomic E-state index is 0.121. The van der Waals surface area contributed by atoms with Gasteiger partial charge in [0.15, 0.2) is 5.41 Å². The van der Waals surface area contributed by atoms with E-state index in [1.165, 1.54) is 36.4 Å². The Morgan fingerprint density at radius 3 is 2.10 bits per heavy atom. The van der Waals surface area contributed by atoms with Crippen molar-refractivity contribution in [3.8, 4) is 18.2 Å². The number of nitrogens with one attached hydrogen (secondary N) is 1. The molecule has 2 fully saturated rings. The number of ether oxygens (including phenoxy) is 2. The van der Waals surface area contributed by atoms with E-state index in [2.05, 4.69) is 0 Å². The monoisotopic (exact) mass is 454 g/mol. The average Bonchev–Trinajstić information content (AvgIpc) is 2.91. The molecular formula is C22H13Cl2FN4O2. The van der Waals surface area contributed by atoms with Gasteiger partial charge in [-0.15, -0.1) is 0 Å². The summed E-state index contributed by atoms with van der Waals surface area (Å²) in [5.41, 5.74) is -3.75. The van der Waals surface area contributed by atoms with Crippen LogP contribution in [-0.2, 0) is 15.3 Å². The highest BCUT2D eigenvalue weighted by Crippen LogP contribution is 2.69. The van der Waals surface area contributed by atoms with Crippen LogP contribution in [0.25, 0.3) is 0 Å². The minimum Gasteiger partial charge on any atom is -0.443 e. The predicted molar refractivity (Wildman–Crippen MR) is 108 cm³/mol. The molecule has 0 saturated carbocycles. The Morgan fingerprint density at radius 1 is 1.00 bits per heavy atom. The number of nitriles is 3. The van der Waals surface area contributed by atoms with Crippen molar-refractivity contribution in [2.75, 3.05) is 0 Å². The molecule has 9 heteroatoms. The van der Waals surface area contributed by atoms with Crippen molar-refractivity contribution in [3.63, 3.8) is 0 Å². The molecule has 6 nitrogen and oxygen atoms in total. The van der Waals surface area contributed by atoms with Crippen molar-refractivity contribution < 1.29 is 13.9 Å². The van der Waals surface area contributed by atoms with Gasteiger partial charge in [0.05, 0.1) is 24.1 Å². The maximum Gasteiger partial charge on any atom is 0.244 e. The Labute approximate surface area is 187 Å². The van der Waals surface area contributed by atoms with E-state index in [-0.39, 0.29) is 15.6 Å². The summed E-state index contributed by atoms with van der Waals surface area (Å²) in [4.78, 5) is 0. The summed E-state index contributed by atoms with van der Waals surface area (Å²) in [6, 6.07) is 15.7. The summed E-state index contributed by atoms with van der Waals surface area (Å²) in [5, 5.41) is 39.4. The molecule has 0 amide bonds. The lowest BCUT2D eigenvalue weighted by Gasteiger charge is -2.49. The summed E-state index contributed by atoms with van der Waals surface area (Å²) < 4.78 is 25.7. The number of hydrogen-bond donors (Lipinski definition) is 1. The van der Waals surface area contributed by atoms with Crippen LogP contribution in [0, 0.1) is 62.0 Å². The van der Waals surface area contributed by atoms with E-state index in [1.807, 2.05) is 18.2 Å². The molecule has 0 aliphatic carbocycles. The summed E-state index contributed by atoms with van der Waals surface area (Å²) in [7, 11) is 0. The van der Waals surface area contributed by atoms with E-state index in [4.69, 9.17) is 38.1 Å². The maximum atomic E-state index is 13.6. The third-order valence-electron chi connectivity index (χ3n) is 6.18. The van der Waals surface area contributed by atoms with Crippen LogP contribution in [0.1, 0.15) is 24.2 Å². The van der Waals surface area contributed by atoms with Crippen LogP contribution in [0.4, 0.5) is 4.39 Å². The standard InChI is InChI=1S/C22H13Cl2FN4O2/c1-12-21(11-28)19(29)31-22(12,13-5-7-14(25)8-6-13)30-18(20(21,9-26)10-27)17-15(23)3-2-4-16(17)24/h2-8,12,18,29H,1H3. The maximum absolute atomic E-state index is 13.6. The third-order valence-corrected chi connectivity index (χ3v) is 6.84. The molecule has 0 radical (unpaired) electrons. The van der Waals surface area contributed by atoms with Gasteiger partial charge in [0.2, 0.25) is 17.1 Å². The van der Waals surface area contributed by atoms with Crippen molar-refractivity contribution >= 4 is 29.1 Å². The zero-order valence-corrected chi connectivity index (χ0v) is 17.5. The number of hydrogen-bond acceptors (Lipinski definition) is 6. The lowest BCUT2D eigenvalue weighted by molar-refractivity contribution is -0.288. The van der Waals surface area contributed by atoms with Crippen LogP contribution in [0.2, 0.25) is 10.0 Å². The molecule has 2 aromatic carbocycles. The molecule has 2 heterocycles. The fraction of sp³-hybridized carbons (Fsp3) is 0.273. The predicted octanol–water partition coefficient (Wildman–Crippen LogP) is 5.24. The highest BCUT2D eigenvalue weighted by molar-refractivity contribution is 6.36. The molecule has 2 aliphatic heterocycles. The Hall–Kier alpha value is -3.15. The van der Waals surface area contributed by atoms with Crippen LogP contribution >= 0.6 is 23.2 Å². The van der Waals surface area contributed by atoms with Crippen molar-refractivity contribution in [2.24, 2.45) is 16.7 Å². The molecule has 2 aromatic rings. The number of fused-ring (bicyclic) bond motifs is 2. The Bertz CT molecular complexity index is 1200. The van der Waals surface area contributed by atoms with Gasteiger partial charge in [-0.2, -0.15) is 15.8 Å². The van der Waals surface area contributed by atoms with E-state index in [1.54, 1.807) is 13.0 Å². The first-order valence-electron chi connectivity index (χ1n) is 9.13. The van der Waals surface area contributed by atoms with Gasteiger partial charge in [-0.1, -0.05) is 36.2 Å². The molecule has 0 aromatic heterocycles. The molecule has 2 saturated heterocycles. The summed E-state index contributed by atoms with van der Waals surface area (Å²) in [5.74, 6) is -3.80. The highest BCUT2D eigenvalue weighted by Gasteiger charge is 2.80. The van der Waals surface area contributed by atoms with Crippen LogP contribution in [0.5, 0.6) is 0 Å². The van der Waals surface area contributed by atoms with Crippen LogP contribution in [0.3, 0.4) is 0 Å². The smallest absolute Gasteiger partial charge is 0.244 e. The fourth-order valence-electron chi connectivity index (χ4n) is 4.57. The second-order valence-electron chi connectivity index (χ2n) is 7.41. The summed E-state index contributed by atoms with van der Waals surface area (Å²) >= 11 is 12.8. The molecule has 2 aliphatic rings. The third kappa shape index (κ3) is 2.42. The quantitative estimate of drug-likeness (QED) is 0.665. The van der Waals surface area contributed by atoms with Crippen molar-refractivity contribution in [3.05, 3.63) is 69.5 Å². The number of halogens is 3. The largest absolute Gasteiger partial charge is 0.443 e. The second-order valence-corrected chi connectivity index (χ2v) is 8.23. The van der Waals surface area contributed by atoms with Crippen molar-refractivity contribution in [1.82, 2.24) is 0 Å². The van der Waals surface area contributed by atoms with Crippen molar-refractivity contribution in [2.45, 2.75) is 18.8 Å². The highest BCUT2D eigenvalue weighted by atomic mass is 35.5. The molecule has 4 atom stereocenters. The first-order chi connectivity index (χ1) is 14.7. The summed E-state index contributed by atoms with van der Waals surface area (Å²) in [6.45, 7) is 1.56. The van der Waals surface area contributed by atoms with Gasteiger partial charge >= 0.3 is 0 Å². The van der Waals surface area contributed by atoms with Gasteiger partial charge in [0, 0.05) is 21.2 Å². The molecular weight excluding hydrogens is 442 g/mol. The normalized spacial score (nSPS) is 30.5. The molecule has 2 bridgehead atoms. The van der Waals surface area contributed by atoms with E-state index < -0.39 is 40.4 Å².